The molecule has 1 heterocycles. The van der Waals surface area contributed by atoms with E-state index < -0.39 is 0 Å². The highest BCUT2D eigenvalue weighted by molar-refractivity contribution is 5.77. The summed E-state index contributed by atoms with van der Waals surface area (Å²) in [6.07, 6.45) is 0.789. The highest BCUT2D eigenvalue weighted by Crippen LogP contribution is 2.11. The lowest BCUT2D eigenvalue weighted by Gasteiger charge is -2.17. The van der Waals surface area contributed by atoms with E-state index in [9.17, 15) is 14.0 Å². The fourth-order valence-corrected chi connectivity index (χ4v) is 2.71. The minimum absolute atomic E-state index is 0.0939. The summed E-state index contributed by atoms with van der Waals surface area (Å²) < 4.78 is 19.6. The summed E-state index contributed by atoms with van der Waals surface area (Å²) in [4.78, 5) is 26.2. The second kappa shape index (κ2) is 9.07. The molecule has 0 aliphatic heterocycles. The molecule has 2 aromatic carbocycles. The predicted octanol–water partition coefficient (Wildman–Crippen LogP) is 2.25. The van der Waals surface area contributed by atoms with Crippen LogP contribution in [0, 0.1) is 5.82 Å². The van der Waals surface area contributed by atoms with Gasteiger partial charge in [0.05, 0.1) is 18.5 Å². The summed E-state index contributed by atoms with van der Waals surface area (Å²) in [6.45, 7) is 1.10. The number of carbonyl (C=O) groups is 1. The minimum Gasteiger partial charge on any atom is -0.494 e. The van der Waals surface area contributed by atoms with E-state index in [1.165, 1.54) is 16.8 Å². The van der Waals surface area contributed by atoms with Crippen LogP contribution in [-0.4, -0.2) is 46.0 Å². The van der Waals surface area contributed by atoms with Crippen LogP contribution in [0.5, 0.6) is 5.75 Å². The molecule has 0 atom stereocenters. The van der Waals surface area contributed by atoms with Gasteiger partial charge in [0, 0.05) is 20.0 Å². The van der Waals surface area contributed by atoms with E-state index in [0.717, 1.165) is 0 Å². The second-order valence-electron chi connectivity index (χ2n) is 6.36. The quantitative estimate of drug-likeness (QED) is 0.557. The van der Waals surface area contributed by atoms with Gasteiger partial charge in [-0.05, 0) is 42.8 Å². The summed E-state index contributed by atoms with van der Waals surface area (Å²) in [5.74, 6) is 0.182. The van der Waals surface area contributed by atoms with E-state index in [0.29, 0.717) is 36.2 Å². The molecule has 146 valence electrons. The molecule has 3 rings (SSSR count). The van der Waals surface area contributed by atoms with Gasteiger partial charge in [-0.25, -0.2) is 9.07 Å². The molecule has 1 aromatic heterocycles. The number of hydrogen-bond acceptors (Lipinski definition) is 5. The largest absolute Gasteiger partial charge is 0.494 e. The molecule has 0 fully saturated rings. The normalized spacial score (nSPS) is 10.8. The van der Waals surface area contributed by atoms with Crippen LogP contribution >= 0.6 is 0 Å². The lowest BCUT2D eigenvalue weighted by Crippen LogP contribution is -2.31. The summed E-state index contributed by atoms with van der Waals surface area (Å²) in [6, 6.07) is 12.8. The Morgan fingerprint density at radius 2 is 1.93 bits per heavy atom. The Labute approximate surface area is 161 Å². The van der Waals surface area contributed by atoms with Crippen LogP contribution in [0.3, 0.4) is 0 Å². The molecule has 3 aromatic rings. The number of amides is 1. The molecule has 8 heteroatoms. The Morgan fingerprint density at radius 3 is 2.71 bits per heavy atom. The Kier molecular flexibility index (Phi) is 6.31. The number of ether oxygens (including phenoxy) is 1. The topological polar surface area (TPSA) is 77.3 Å². The molecule has 0 radical (unpaired) electrons. The van der Waals surface area contributed by atoms with Crippen molar-refractivity contribution in [1.82, 2.24) is 19.9 Å². The van der Waals surface area contributed by atoms with Crippen LogP contribution in [0.4, 0.5) is 4.39 Å². The third kappa shape index (κ3) is 4.91. The molecule has 28 heavy (non-hydrogen) atoms. The molecule has 0 spiro atoms. The van der Waals surface area contributed by atoms with E-state index in [1.807, 2.05) is 0 Å². The zero-order chi connectivity index (χ0) is 19.9. The molecule has 0 aliphatic rings. The van der Waals surface area contributed by atoms with Crippen molar-refractivity contribution in [1.29, 1.82) is 0 Å². The van der Waals surface area contributed by atoms with Crippen LogP contribution < -0.4 is 10.3 Å². The molecule has 0 saturated heterocycles. The zero-order valence-electron chi connectivity index (χ0n) is 15.5. The SMILES string of the molecule is CN(CCCOc1ccc(F)cc1)C(=O)CCn1nnc2ccccc2c1=O. The van der Waals surface area contributed by atoms with Gasteiger partial charge in [-0.3, -0.25) is 9.59 Å². The van der Waals surface area contributed by atoms with Crippen molar-refractivity contribution in [3.05, 3.63) is 64.7 Å². The molecular weight excluding hydrogens is 363 g/mol. The molecular formula is C20H21FN4O3. The van der Waals surface area contributed by atoms with Gasteiger partial charge >= 0.3 is 0 Å². The molecule has 7 nitrogen and oxygen atoms in total. The third-order valence-corrected chi connectivity index (χ3v) is 4.31. The van der Waals surface area contributed by atoms with E-state index in [2.05, 4.69) is 10.3 Å². The van der Waals surface area contributed by atoms with E-state index in [4.69, 9.17) is 4.74 Å². The Bertz CT molecular complexity index is 1000. The Hall–Kier alpha value is -3.29. The van der Waals surface area contributed by atoms with Crippen LogP contribution in [0.15, 0.2) is 53.3 Å². The Morgan fingerprint density at radius 1 is 1.18 bits per heavy atom. The molecule has 0 unspecified atom stereocenters. The van der Waals surface area contributed by atoms with Crippen molar-refractivity contribution < 1.29 is 13.9 Å². The maximum absolute atomic E-state index is 12.8. The molecule has 0 N–H and O–H groups in total. The average Bonchev–Trinajstić information content (AvgIpc) is 2.72. The summed E-state index contributed by atoms with van der Waals surface area (Å²) in [5, 5.41) is 8.38. The maximum Gasteiger partial charge on any atom is 0.277 e. The van der Waals surface area contributed by atoms with Gasteiger partial charge in [0.1, 0.15) is 17.1 Å². The van der Waals surface area contributed by atoms with Gasteiger partial charge in [0.2, 0.25) is 5.91 Å². The lowest BCUT2D eigenvalue weighted by molar-refractivity contribution is -0.130. The van der Waals surface area contributed by atoms with Gasteiger partial charge in [-0.1, -0.05) is 17.3 Å². The van der Waals surface area contributed by atoms with Gasteiger partial charge in [0.25, 0.3) is 5.56 Å². The van der Waals surface area contributed by atoms with Gasteiger partial charge < -0.3 is 9.64 Å². The fraction of sp³-hybridized carbons (Fsp3) is 0.300. The number of aryl methyl sites for hydroxylation is 1. The highest BCUT2D eigenvalue weighted by Gasteiger charge is 2.11. The smallest absolute Gasteiger partial charge is 0.277 e. The number of aromatic nitrogens is 3. The molecule has 0 aliphatic carbocycles. The molecule has 0 saturated carbocycles. The first-order chi connectivity index (χ1) is 13.5. The van der Waals surface area contributed by atoms with E-state index in [-0.39, 0.29) is 30.2 Å². The third-order valence-electron chi connectivity index (χ3n) is 4.31. The number of hydrogen-bond donors (Lipinski definition) is 0. The van der Waals surface area contributed by atoms with Crippen LogP contribution in [-0.2, 0) is 11.3 Å². The van der Waals surface area contributed by atoms with Crippen molar-refractivity contribution in [3.63, 3.8) is 0 Å². The summed E-state index contributed by atoms with van der Waals surface area (Å²) in [7, 11) is 1.70. The number of carbonyl (C=O) groups excluding carboxylic acids is 1. The van der Waals surface area contributed by atoms with Gasteiger partial charge in [-0.2, -0.15) is 0 Å². The predicted molar refractivity (Wildman–Crippen MR) is 103 cm³/mol. The van der Waals surface area contributed by atoms with Crippen molar-refractivity contribution >= 4 is 16.8 Å². The first-order valence-electron chi connectivity index (χ1n) is 8.99. The van der Waals surface area contributed by atoms with Crippen LogP contribution in [0.2, 0.25) is 0 Å². The molecule has 1 amide bonds. The lowest BCUT2D eigenvalue weighted by atomic mass is 10.2. The number of fused-ring (bicyclic) bond motifs is 1. The van der Waals surface area contributed by atoms with E-state index >= 15 is 0 Å². The van der Waals surface area contributed by atoms with E-state index in [1.54, 1.807) is 48.3 Å². The number of benzene rings is 2. The van der Waals surface area contributed by atoms with Crippen molar-refractivity contribution in [2.45, 2.75) is 19.4 Å². The second-order valence-corrected chi connectivity index (χ2v) is 6.36. The Balaban J connectivity index is 1.45. The van der Waals surface area contributed by atoms with Crippen molar-refractivity contribution in [2.75, 3.05) is 20.2 Å². The monoisotopic (exact) mass is 384 g/mol. The highest BCUT2D eigenvalue weighted by atomic mass is 19.1. The average molecular weight is 384 g/mol. The van der Waals surface area contributed by atoms with Crippen LogP contribution in [0.25, 0.3) is 10.9 Å². The van der Waals surface area contributed by atoms with Crippen molar-refractivity contribution in [3.8, 4) is 5.75 Å². The zero-order valence-corrected chi connectivity index (χ0v) is 15.5. The number of halogens is 1. The van der Waals surface area contributed by atoms with Crippen LogP contribution in [0.1, 0.15) is 12.8 Å². The summed E-state index contributed by atoms with van der Waals surface area (Å²) in [5.41, 5.74) is 0.280. The van der Waals surface area contributed by atoms with Gasteiger partial charge in [-0.15, -0.1) is 5.10 Å². The number of rotatable bonds is 8. The summed E-state index contributed by atoms with van der Waals surface area (Å²) >= 11 is 0. The number of nitrogens with zero attached hydrogens (tertiary/aromatic N) is 4. The minimum atomic E-state index is -0.312. The van der Waals surface area contributed by atoms with Crippen molar-refractivity contribution in [2.24, 2.45) is 0 Å². The van der Waals surface area contributed by atoms with Gasteiger partial charge in [0.15, 0.2) is 0 Å². The first kappa shape index (κ1) is 19.5. The maximum atomic E-state index is 12.8. The standard InChI is InChI=1S/C20H21FN4O3/c1-24(12-4-14-28-16-9-7-15(21)8-10-16)19(26)11-13-25-20(27)17-5-2-3-6-18(17)22-23-25/h2-3,5-10H,4,11-14H2,1H3. The first-order valence-corrected chi connectivity index (χ1v) is 8.99. The fourth-order valence-electron chi connectivity index (χ4n) is 2.71. The molecule has 0 bridgehead atoms.